The Labute approximate surface area is 164 Å². The first-order valence-electron chi connectivity index (χ1n) is 10.0. The minimum Gasteiger partial charge on any atom is -0.361 e. The molecular weight excluding hydrogens is 362 g/mol. The number of hydrogen-bond acceptors (Lipinski definition) is 5. The molecule has 0 aromatic carbocycles. The van der Waals surface area contributed by atoms with Gasteiger partial charge in [0.1, 0.15) is 5.76 Å². The van der Waals surface area contributed by atoms with E-state index in [1.165, 1.54) is 0 Å². The first-order chi connectivity index (χ1) is 13.5. The summed E-state index contributed by atoms with van der Waals surface area (Å²) in [5, 5.41) is 6.63. The molecule has 4 heterocycles. The molecule has 3 fully saturated rings. The maximum atomic E-state index is 12.7. The molecule has 3 saturated heterocycles. The Balaban J connectivity index is 1.34. The van der Waals surface area contributed by atoms with Crippen molar-refractivity contribution in [2.75, 3.05) is 45.8 Å². The van der Waals surface area contributed by atoms with Gasteiger partial charge in [-0.2, -0.15) is 0 Å². The van der Waals surface area contributed by atoms with Gasteiger partial charge in [0, 0.05) is 58.3 Å². The zero-order valence-electron chi connectivity index (χ0n) is 16.2. The van der Waals surface area contributed by atoms with E-state index >= 15 is 0 Å². The molecule has 9 heteroatoms. The van der Waals surface area contributed by atoms with Crippen LogP contribution in [0.15, 0.2) is 10.6 Å². The summed E-state index contributed by atoms with van der Waals surface area (Å²) >= 11 is 0. The van der Waals surface area contributed by atoms with Crippen molar-refractivity contribution >= 4 is 17.8 Å². The van der Waals surface area contributed by atoms with Crippen molar-refractivity contribution in [1.82, 2.24) is 25.2 Å². The number of amides is 4. The van der Waals surface area contributed by atoms with Crippen LogP contribution in [-0.4, -0.2) is 83.5 Å². The average Bonchev–Trinajstić information content (AvgIpc) is 3.26. The SMILES string of the molecule is Cc1cc(C(=O)N2CC[C@@H]3CC(=O)N(CCN4CCNC4=O)CC[C@H]3C2)no1. The number of aryl methyl sites for hydroxylation is 1. The van der Waals surface area contributed by atoms with Crippen LogP contribution in [-0.2, 0) is 4.79 Å². The second-order valence-corrected chi connectivity index (χ2v) is 7.98. The summed E-state index contributed by atoms with van der Waals surface area (Å²) < 4.78 is 5.03. The zero-order chi connectivity index (χ0) is 19.7. The fourth-order valence-electron chi connectivity index (χ4n) is 4.49. The Morgan fingerprint density at radius 2 is 1.96 bits per heavy atom. The molecule has 28 heavy (non-hydrogen) atoms. The molecule has 0 bridgehead atoms. The van der Waals surface area contributed by atoms with E-state index in [9.17, 15) is 14.4 Å². The number of carbonyl (C=O) groups is 3. The van der Waals surface area contributed by atoms with Crippen LogP contribution in [0, 0.1) is 18.8 Å². The highest BCUT2D eigenvalue weighted by molar-refractivity contribution is 5.92. The van der Waals surface area contributed by atoms with Gasteiger partial charge < -0.3 is 24.5 Å². The van der Waals surface area contributed by atoms with Crippen molar-refractivity contribution < 1.29 is 18.9 Å². The van der Waals surface area contributed by atoms with Gasteiger partial charge in [-0.1, -0.05) is 5.16 Å². The second kappa shape index (κ2) is 7.81. The predicted octanol–water partition coefficient (Wildman–Crippen LogP) is 0.709. The highest BCUT2D eigenvalue weighted by Gasteiger charge is 2.37. The van der Waals surface area contributed by atoms with Gasteiger partial charge in [0.15, 0.2) is 5.69 Å². The summed E-state index contributed by atoms with van der Waals surface area (Å²) in [6.07, 6.45) is 2.24. The van der Waals surface area contributed by atoms with Gasteiger partial charge in [0.2, 0.25) is 5.91 Å². The van der Waals surface area contributed by atoms with Crippen LogP contribution in [0.4, 0.5) is 4.79 Å². The van der Waals surface area contributed by atoms with E-state index < -0.39 is 0 Å². The molecule has 152 valence electrons. The van der Waals surface area contributed by atoms with Gasteiger partial charge in [-0.3, -0.25) is 9.59 Å². The summed E-state index contributed by atoms with van der Waals surface area (Å²) in [5.74, 6) is 1.33. The third kappa shape index (κ3) is 3.83. The van der Waals surface area contributed by atoms with E-state index in [-0.39, 0.29) is 17.8 Å². The summed E-state index contributed by atoms with van der Waals surface area (Å²) in [5.41, 5.74) is 0.353. The molecule has 3 aliphatic rings. The van der Waals surface area contributed by atoms with E-state index in [2.05, 4.69) is 10.5 Å². The largest absolute Gasteiger partial charge is 0.361 e. The first-order valence-corrected chi connectivity index (χ1v) is 10.0. The number of nitrogens with zero attached hydrogens (tertiary/aromatic N) is 4. The van der Waals surface area contributed by atoms with Crippen LogP contribution >= 0.6 is 0 Å². The van der Waals surface area contributed by atoms with Gasteiger partial charge in [-0.05, 0) is 31.6 Å². The Morgan fingerprint density at radius 1 is 1.18 bits per heavy atom. The number of nitrogens with one attached hydrogen (secondary N) is 1. The molecule has 4 rings (SSSR count). The van der Waals surface area contributed by atoms with Crippen LogP contribution in [0.25, 0.3) is 0 Å². The number of piperidine rings is 1. The van der Waals surface area contributed by atoms with Gasteiger partial charge in [-0.15, -0.1) is 0 Å². The smallest absolute Gasteiger partial charge is 0.317 e. The first kappa shape index (κ1) is 18.8. The van der Waals surface area contributed by atoms with Crippen molar-refractivity contribution in [2.45, 2.75) is 26.2 Å². The van der Waals surface area contributed by atoms with E-state index in [1.807, 2.05) is 9.80 Å². The molecule has 4 amide bonds. The quantitative estimate of drug-likeness (QED) is 0.818. The summed E-state index contributed by atoms with van der Waals surface area (Å²) in [6.45, 7) is 6.28. The standard InChI is InChI=1S/C19H27N5O4/c1-13-10-16(21-28-13)18(26)24-6-2-14-11-17(25)22(5-3-15(14)12-24)8-9-23-7-4-20-19(23)27/h10,14-15H,2-9,11-12H2,1H3,(H,20,27)/t14-,15+/m1/s1. The van der Waals surface area contributed by atoms with Gasteiger partial charge in [-0.25, -0.2) is 4.79 Å². The van der Waals surface area contributed by atoms with Crippen molar-refractivity contribution in [3.8, 4) is 0 Å². The Hall–Kier alpha value is -2.58. The lowest BCUT2D eigenvalue weighted by atomic mass is 9.82. The number of aromatic nitrogens is 1. The maximum absolute atomic E-state index is 12.7. The lowest BCUT2D eigenvalue weighted by Crippen LogP contribution is -2.44. The van der Waals surface area contributed by atoms with Crippen LogP contribution in [0.3, 0.4) is 0 Å². The van der Waals surface area contributed by atoms with Crippen molar-refractivity contribution in [1.29, 1.82) is 0 Å². The Bertz CT molecular complexity index is 763. The molecular formula is C19H27N5O4. The summed E-state index contributed by atoms with van der Waals surface area (Å²) in [6, 6.07) is 1.62. The van der Waals surface area contributed by atoms with E-state index in [0.29, 0.717) is 75.5 Å². The Morgan fingerprint density at radius 3 is 2.68 bits per heavy atom. The maximum Gasteiger partial charge on any atom is 0.317 e. The highest BCUT2D eigenvalue weighted by Crippen LogP contribution is 2.33. The minimum atomic E-state index is -0.0947. The van der Waals surface area contributed by atoms with Crippen LogP contribution in [0.1, 0.15) is 35.5 Å². The topological polar surface area (TPSA) is 99.0 Å². The minimum absolute atomic E-state index is 0.0480. The average molecular weight is 389 g/mol. The zero-order valence-corrected chi connectivity index (χ0v) is 16.2. The molecule has 0 unspecified atom stereocenters. The predicted molar refractivity (Wildman–Crippen MR) is 99.5 cm³/mol. The van der Waals surface area contributed by atoms with Gasteiger partial charge >= 0.3 is 6.03 Å². The van der Waals surface area contributed by atoms with Crippen molar-refractivity contribution in [3.63, 3.8) is 0 Å². The third-order valence-corrected chi connectivity index (χ3v) is 6.17. The summed E-state index contributed by atoms with van der Waals surface area (Å²) in [7, 11) is 0. The number of likely N-dealkylation sites (tertiary alicyclic amines) is 2. The van der Waals surface area contributed by atoms with Crippen LogP contribution in [0.2, 0.25) is 0 Å². The lowest BCUT2D eigenvalue weighted by Gasteiger charge is -2.36. The molecule has 9 nitrogen and oxygen atoms in total. The van der Waals surface area contributed by atoms with E-state index in [1.54, 1.807) is 17.9 Å². The molecule has 2 atom stereocenters. The number of urea groups is 1. The summed E-state index contributed by atoms with van der Waals surface area (Å²) in [4.78, 5) is 42.5. The molecule has 0 radical (unpaired) electrons. The molecule has 1 N–H and O–H groups in total. The van der Waals surface area contributed by atoms with Crippen molar-refractivity contribution in [2.24, 2.45) is 11.8 Å². The number of fused-ring (bicyclic) bond motifs is 1. The molecule has 1 aromatic rings. The third-order valence-electron chi connectivity index (χ3n) is 6.17. The second-order valence-electron chi connectivity index (χ2n) is 7.98. The number of carbonyl (C=O) groups excluding carboxylic acids is 3. The van der Waals surface area contributed by atoms with Gasteiger partial charge in [0.05, 0.1) is 0 Å². The molecule has 0 spiro atoms. The fourth-order valence-corrected chi connectivity index (χ4v) is 4.49. The van der Waals surface area contributed by atoms with Crippen LogP contribution < -0.4 is 5.32 Å². The molecule has 0 aliphatic carbocycles. The molecule has 3 aliphatic heterocycles. The highest BCUT2D eigenvalue weighted by atomic mass is 16.5. The fraction of sp³-hybridized carbons (Fsp3) is 0.684. The van der Waals surface area contributed by atoms with Gasteiger partial charge in [0.25, 0.3) is 5.91 Å². The number of hydrogen-bond donors (Lipinski definition) is 1. The van der Waals surface area contributed by atoms with Crippen LogP contribution in [0.5, 0.6) is 0 Å². The monoisotopic (exact) mass is 389 g/mol. The Kier molecular flexibility index (Phi) is 5.23. The number of rotatable bonds is 4. The lowest BCUT2D eigenvalue weighted by molar-refractivity contribution is -0.131. The van der Waals surface area contributed by atoms with E-state index in [0.717, 1.165) is 12.8 Å². The molecule has 1 aromatic heterocycles. The molecule has 0 saturated carbocycles. The van der Waals surface area contributed by atoms with E-state index in [4.69, 9.17) is 4.52 Å². The normalized spacial score (nSPS) is 25.5. The van der Waals surface area contributed by atoms with Crippen molar-refractivity contribution in [3.05, 3.63) is 17.5 Å².